The highest BCUT2D eigenvalue weighted by Gasteiger charge is 2.09. The van der Waals surface area contributed by atoms with E-state index in [4.69, 9.17) is 4.74 Å². The number of carbonyl (C=O) groups is 1. The maximum absolute atomic E-state index is 12.1. The van der Waals surface area contributed by atoms with Crippen molar-refractivity contribution in [3.8, 4) is 5.75 Å². The molecule has 0 unspecified atom stereocenters. The van der Waals surface area contributed by atoms with Crippen molar-refractivity contribution < 1.29 is 9.53 Å². The maximum atomic E-state index is 12.1. The van der Waals surface area contributed by atoms with Gasteiger partial charge in [-0.05, 0) is 95.9 Å². The number of halogens is 3. The molecular weight excluding hydrogens is 599 g/mol. The number of ether oxygens (including phenoxy) is 1. The van der Waals surface area contributed by atoms with Gasteiger partial charge in [-0.3, -0.25) is 4.79 Å². The molecule has 0 fully saturated rings. The average molecular weight is 614 g/mol. The third-order valence-electron chi connectivity index (χ3n) is 3.71. The molecule has 0 aliphatic carbocycles. The molecular formula is C21H15Br2IN2O2. The van der Waals surface area contributed by atoms with Gasteiger partial charge in [-0.2, -0.15) is 5.10 Å². The predicted octanol–water partition coefficient (Wildman–Crippen LogP) is 6.16. The van der Waals surface area contributed by atoms with E-state index in [1.165, 1.54) is 0 Å². The Hall–Kier alpha value is -1.71. The van der Waals surface area contributed by atoms with E-state index in [9.17, 15) is 4.79 Å². The minimum absolute atomic E-state index is 0.254. The van der Waals surface area contributed by atoms with Crippen molar-refractivity contribution >= 4 is 66.6 Å². The highest BCUT2D eigenvalue weighted by molar-refractivity contribution is 14.1. The van der Waals surface area contributed by atoms with Crippen LogP contribution in [0.4, 0.5) is 0 Å². The molecule has 0 spiro atoms. The number of benzene rings is 3. The van der Waals surface area contributed by atoms with Crippen LogP contribution in [0.1, 0.15) is 21.5 Å². The van der Waals surface area contributed by atoms with Gasteiger partial charge in [-0.15, -0.1) is 0 Å². The van der Waals surface area contributed by atoms with Crippen molar-refractivity contribution in [3.05, 3.63) is 95.9 Å². The summed E-state index contributed by atoms with van der Waals surface area (Å²) in [7, 11) is 0. The molecule has 0 radical (unpaired) electrons. The second-order valence-corrected chi connectivity index (χ2v) is 8.75. The normalized spacial score (nSPS) is 10.8. The average Bonchev–Trinajstić information content (AvgIpc) is 2.68. The Morgan fingerprint density at radius 1 is 1.04 bits per heavy atom. The monoisotopic (exact) mass is 612 g/mol. The fourth-order valence-corrected chi connectivity index (χ4v) is 4.38. The predicted molar refractivity (Wildman–Crippen MR) is 127 cm³/mol. The second kappa shape index (κ2) is 10.2. The zero-order valence-corrected chi connectivity index (χ0v) is 19.9. The summed E-state index contributed by atoms with van der Waals surface area (Å²) >= 11 is 9.23. The lowest BCUT2D eigenvalue weighted by molar-refractivity contribution is 0.0955. The third-order valence-corrected chi connectivity index (χ3v) is 5.56. The summed E-state index contributed by atoms with van der Waals surface area (Å²) in [6.07, 6.45) is 1.59. The van der Waals surface area contributed by atoms with Crippen LogP contribution >= 0.6 is 54.5 Å². The van der Waals surface area contributed by atoms with E-state index in [1.54, 1.807) is 18.3 Å². The van der Waals surface area contributed by atoms with Gasteiger partial charge in [0.25, 0.3) is 5.91 Å². The molecule has 0 aliphatic rings. The Kier molecular flexibility index (Phi) is 7.64. The molecule has 142 valence electrons. The van der Waals surface area contributed by atoms with Crippen LogP contribution in [-0.4, -0.2) is 12.1 Å². The molecule has 0 saturated heterocycles. The fraction of sp³-hybridized carbons (Fsp3) is 0.0476. The van der Waals surface area contributed by atoms with Gasteiger partial charge in [-0.1, -0.05) is 36.4 Å². The van der Waals surface area contributed by atoms with E-state index in [0.717, 1.165) is 23.6 Å². The van der Waals surface area contributed by atoms with Crippen LogP contribution in [0.5, 0.6) is 5.75 Å². The first-order chi connectivity index (χ1) is 13.5. The van der Waals surface area contributed by atoms with Crippen LogP contribution in [0.15, 0.2) is 80.8 Å². The van der Waals surface area contributed by atoms with E-state index in [1.807, 2.05) is 54.6 Å². The zero-order chi connectivity index (χ0) is 19.9. The second-order valence-electron chi connectivity index (χ2n) is 5.80. The third kappa shape index (κ3) is 5.89. The van der Waals surface area contributed by atoms with Crippen molar-refractivity contribution in [2.24, 2.45) is 5.10 Å². The molecule has 1 N–H and O–H groups in total. The van der Waals surface area contributed by atoms with Gasteiger partial charge >= 0.3 is 0 Å². The van der Waals surface area contributed by atoms with Crippen molar-refractivity contribution in [2.45, 2.75) is 6.61 Å². The molecule has 0 bridgehead atoms. The summed E-state index contributed by atoms with van der Waals surface area (Å²) in [6, 6.07) is 21.0. The minimum Gasteiger partial charge on any atom is -0.487 e. The molecule has 3 aromatic rings. The van der Waals surface area contributed by atoms with Gasteiger partial charge in [0.2, 0.25) is 0 Å². The summed E-state index contributed by atoms with van der Waals surface area (Å²) in [5, 5.41) is 4.04. The van der Waals surface area contributed by atoms with E-state index < -0.39 is 0 Å². The number of hydrogen-bond donors (Lipinski definition) is 1. The molecule has 0 aliphatic heterocycles. The Morgan fingerprint density at radius 3 is 2.43 bits per heavy atom. The lowest BCUT2D eigenvalue weighted by Crippen LogP contribution is -2.17. The Balaban J connectivity index is 1.65. The van der Waals surface area contributed by atoms with Crippen LogP contribution in [0.3, 0.4) is 0 Å². The largest absolute Gasteiger partial charge is 0.487 e. The van der Waals surface area contributed by atoms with Gasteiger partial charge in [0, 0.05) is 9.13 Å². The number of hydrazone groups is 1. The quantitative estimate of drug-likeness (QED) is 0.206. The Bertz CT molecular complexity index is 987. The number of amides is 1. The number of hydrogen-bond acceptors (Lipinski definition) is 3. The van der Waals surface area contributed by atoms with Gasteiger partial charge in [0.1, 0.15) is 12.4 Å². The lowest BCUT2D eigenvalue weighted by atomic mass is 10.2. The smallest absolute Gasteiger partial charge is 0.271 e. The van der Waals surface area contributed by atoms with Gasteiger partial charge in [-0.25, -0.2) is 5.43 Å². The minimum atomic E-state index is -0.254. The van der Waals surface area contributed by atoms with E-state index in [0.29, 0.717) is 17.9 Å². The molecule has 4 nitrogen and oxygen atoms in total. The summed E-state index contributed by atoms with van der Waals surface area (Å²) in [6.45, 7) is 0.470. The standard InChI is InChI=1S/C21H15Br2IN2O2/c22-18-9-15(12-25-26-21(27)16-7-4-8-17(24)11-16)10-19(23)20(18)28-13-14-5-2-1-3-6-14/h1-12H,13H2,(H,26,27)/b25-12-. The van der Waals surface area contributed by atoms with Crippen LogP contribution in [0.2, 0.25) is 0 Å². The lowest BCUT2D eigenvalue weighted by Gasteiger charge is -2.11. The molecule has 7 heteroatoms. The Morgan fingerprint density at radius 2 is 1.75 bits per heavy atom. The molecule has 3 aromatic carbocycles. The maximum Gasteiger partial charge on any atom is 0.271 e. The van der Waals surface area contributed by atoms with E-state index in [2.05, 4.69) is 65.0 Å². The van der Waals surface area contributed by atoms with Crippen molar-refractivity contribution in [1.82, 2.24) is 5.43 Å². The first kappa shape index (κ1) is 21.0. The first-order valence-corrected chi connectivity index (χ1v) is 10.9. The summed E-state index contributed by atoms with van der Waals surface area (Å²) < 4.78 is 8.49. The van der Waals surface area contributed by atoms with Crippen molar-refractivity contribution in [1.29, 1.82) is 0 Å². The molecule has 0 saturated carbocycles. The van der Waals surface area contributed by atoms with E-state index >= 15 is 0 Å². The van der Waals surface area contributed by atoms with E-state index in [-0.39, 0.29) is 5.91 Å². The summed E-state index contributed by atoms with van der Waals surface area (Å²) in [5.74, 6) is 0.458. The van der Waals surface area contributed by atoms with Crippen LogP contribution in [0, 0.1) is 3.57 Å². The van der Waals surface area contributed by atoms with Gasteiger partial charge < -0.3 is 4.74 Å². The molecule has 0 heterocycles. The topological polar surface area (TPSA) is 50.7 Å². The number of carbonyl (C=O) groups excluding carboxylic acids is 1. The number of rotatable bonds is 6. The summed E-state index contributed by atoms with van der Waals surface area (Å²) in [4.78, 5) is 12.1. The van der Waals surface area contributed by atoms with Crippen molar-refractivity contribution in [2.75, 3.05) is 0 Å². The van der Waals surface area contributed by atoms with Crippen molar-refractivity contribution in [3.63, 3.8) is 0 Å². The SMILES string of the molecule is O=C(N/N=C\c1cc(Br)c(OCc2ccccc2)c(Br)c1)c1cccc(I)c1. The zero-order valence-electron chi connectivity index (χ0n) is 14.5. The molecule has 0 aromatic heterocycles. The molecule has 0 atom stereocenters. The Labute approximate surface area is 193 Å². The highest BCUT2D eigenvalue weighted by Crippen LogP contribution is 2.35. The van der Waals surface area contributed by atoms with Gasteiger partial charge in [0.15, 0.2) is 0 Å². The van der Waals surface area contributed by atoms with Crippen LogP contribution in [0.25, 0.3) is 0 Å². The van der Waals surface area contributed by atoms with Gasteiger partial charge in [0.05, 0.1) is 15.2 Å². The first-order valence-electron chi connectivity index (χ1n) is 8.27. The molecule has 3 rings (SSSR count). The number of nitrogens with one attached hydrogen (secondary N) is 1. The number of nitrogens with zero attached hydrogens (tertiary/aromatic N) is 1. The highest BCUT2D eigenvalue weighted by atomic mass is 127. The fourth-order valence-electron chi connectivity index (χ4n) is 2.38. The molecule has 1 amide bonds. The summed E-state index contributed by atoms with van der Waals surface area (Å²) in [5.41, 5.74) is 5.01. The molecule has 28 heavy (non-hydrogen) atoms. The van der Waals surface area contributed by atoms with Crippen LogP contribution in [-0.2, 0) is 6.61 Å². The van der Waals surface area contributed by atoms with Crippen LogP contribution < -0.4 is 10.2 Å².